The average Bonchev–Trinajstić information content (AvgIpc) is 3.07. The number of allylic oxidation sites excluding steroid dienone is 1. The number of hydrogen-bond donors (Lipinski definition) is 2. The fourth-order valence-electron chi connectivity index (χ4n) is 5.10. The first-order valence-electron chi connectivity index (χ1n) is 11.4. The van der Waals surface area contributed by atoms with Gasteiger partial charge in [-0.05, 0) is 30.9 Å². The van der Waals surface area contributed by atoms with E-state index in [1.54, 1.807) is 6.92 Å². The lowest BCUT2D eigenvalue weighted by molar-refractivity contribution is -0.129. The highest BCUT2D eigenvalue weighted by Gasteiger charge is 2.60. The third kappa shape index (κ3) is 3.55. The number of hydrogen-bond acceptors (Lipinski definition) is 7. The molecule has 8 nitrogen and oxygen atoms in total. The average molecular weight is 497 g/mol. The molecule has 35 heavy (non-hydrogen) atoms. The van der Waals surface area contributed by atoms with Gasteiger partial charge in [0.1, 0.15) is 28.1 Å². The number of halogens is 1. The molecular formula is C26H25ClN2O6. The summed E-state index contributed by atoms with van der Waals surface area (Å²) >= 11 is 6.43. The lowest BCUT2D eigenvalue weighted by Gasteiger charge is -2.36. The van der Waals surface area contributed by atoms with Gasteiger partial charge in [0, 0.05) is 29.4 Å². The maximum absolute atomic E-state index is 13.6. The fraction of sp³-hybridized carbons (Fsp3) is 0.346. The number of anilines is 1. The Labute approximate surface area is 207 Å². The van der Waals surface area contributed by atoms with Gasteiger partial charge in [0.05, 0.1) is 14.2 Å². The van der Waals surface area contributed by atoms with Crippen LogP contribution < -0.4 is 24.8 Å². The molecule has 2 aromatic rings. The van der Waals surface area contributed by atoms with Crippen LogP contribution in [-0.2, 0) is 16.0 Å². The standard InChI is InChI=1S/C26H25ClN2O6/c1-13-10-15(28-17-9-8-14-6-4-5-7-16(14)29-25(17)32)11-20(30)26(13)24(31)21-18(33-2)12-19(34-3)22(27)23(21)35-26/h4-7,11-13,17,28H,8-10H2,1-3H3,(H,29,32)/t13-,17-,26+/m1/s1. The van der Waals surface area contributed by atoms with Gasteiger partial charge >= 0.3 is 0 Å². The van der Waals surface area contributed by atoms with Crippen molar-refractivity contribution in [3.8, 4) is 17.2 Å². The smallest absolute Gasteiger partial charge is 0.246 e. The summed E-state index contributed by atoms with van der Waals surface area (Å²) in [6.07, 6.45) is 2.98. The molecule has 0 saturated carbocycles. The molecule has 0 radical (unpaired) electrons. The molecule has 1 aliphatic carbocycles. The molecule has 0 fully saturated rings. The van der Waals surface area contributed by atoms with Crippen LogP contribution in [0.2, 0.25) is 5.02 Å². The van der Waals surface area contributed by atoms with Gasteiger partial charge in [-0.15, -0.1) is 0 Å². The van der Waals surface area contributed by atoms with Crippen LogP contribution in [-0.4, -0.2) is 43.3 Å². The SMILES string of the molecule is COc1cc(OC)c2c(c1Cl)O[C@@]1(C(=O)C=C(N[C@@H]3CCc4ccccc4NC3=O)C[C@H]1C)C2=O. The number of para-hydroxylation sites is 1. The minimum Gasteiger partial charge on any atom is -0.496 e. The van der Waals surface area contributed by atoms with Gasteiger partial charge in [-0.3, -0.25) is 14.4 Å². The van der Waals surface area contributed by atoms with Crippen LogP contribution >= 0.6 is 11.6 Å². The van der Waals surface area contributed by atoms with Crippen molar-refractivity contribution in [2.75, 3.05) is 19.5 Å². The Kier molecular flexibility index (Phi) is 5.71. The summed E-state index contributed by atoms with van der Waals surface area (Å²) in [7, 11) is 2.86. The molecule has 0 aromatic heterocycles. The number of carbonyl (C=O) groups excluding carboxylic acids is 3. The van der Waals surface area contributed by atoms with E-state index >= 15 is 0 Å². The molecule has 2 N–H and O–H groups in total. The molecular weight excluding hydrogens is 472 g/mol. The second kappa shape index (κ2) is 8.61. The summed E-state index contributed by atoms with van der Waals surface area (Å²) < 4.78 is 16.7. The number of rotatable bonds is 4. The van der Waals surface area contributed by atoms with E-state index in [2.05, 4.69) is 10.6 Å². The number of Topliss-reactive ketones (excluding diaryl/α,β-unsaturated/α-hetero) is 1. The zero-order chi connectivity index (χ0) is 24.9. The van der Waals surface area contributed by atoms with Gasteiger partial charge in [0.15, 0.2) is 5.75 Å². The number of nitrogens with one attached hydrogen (secondary N) is 2. The Morgan fingerprint density at radius 3 is 2.60 bits per heavy atom. The second-order valence-corrected chi connectivity index (χ2v) is 9.36. The molecule has 0 bridgehead atoms. The Bertz CT molecular complexity index is 1290. The van der Waals surface area contributed by atoms with E-state index < -0.39 is 29.1 Å². The van der Waals surface area contributed by atoms with Crippen LogP contribution in [0.3, 0.4) is 0 Å². The van der Waals surface area contributed by atoms with Crippen LogP contribution in [0.15, 0.2) is 42.1 Å². The van der Waals surface area contributed by atoms with Gasteiger partial charge in [-0.1, -0.05) is 36.7 Å². The number of fused-ring (bicyclic) bond motifs is 2. The normalized spacial score (nSPS) is 25.1. The van der Waals surface area contributed by atoms with Crippen molar-refractivity contribution in [1.29, 1.82) is 0 Å². The summed E-state index contributed by atoms with van der Waals surface area (Å²) in [4.78, 5) is 39.9. The molecule has 5 rings (SSSR count). The monoisotopic (exact) mass is 496 g/mol. The number of carbonyl (C=O) groups is 3. The van der Waals surface area contributed by atoms with Crippen LogP contribution in [0.5, 0.6) is 17.2 Å². The highest BCUT2D eigenvalue weighted by Crippen LogP contribution is 2.53. The maximum atomic E-state index is 13.6. The van der Waals surface area contributed by atoms with Crippen molar-refractivity contribution in [3.63, 3.8) is 0 Å². The Morgan fingerprint density at radius 1 is 1.14 bits per heavy atom. The van der Waals surface area contributed by atoms with Crippen molar-refractivity contribution < 1.29 is 28.6 Å². The van der Waals surface area contributed by atoms with E-state index in [4.69, 9.17) is 25.8 Å². The quantitative estimate of drug-likeness (QED) is 0.622. The van der Waals surface area contributed by atoms with Gasteiger partial charge in [-0.25, -0.2) is 0 Å². The molecule has 3 atom stereocenters. The zero-order valence-corrected chi connectivity index (χ0v) is 20.3. The summed E-state index contributed by atoms with van der Waals surface area (Å²) in [5.74, 6) is -1.11. The van der Waals surface area contributed by atoms with Crippen molar-refractivity contribution in [2.45, 2.75) is 37.8 Å². The van der Waals surface area contributed by atoms with Gasteiger partial charge < -0.3 is 24.8 Å². The van der Waals surface area contributed by atoms with Crippen molar-refractivity contribution in [1.82, 2.24) is 5.32 Å². The topological polar surface area (TPSA) is 103 Å². The number of methoxy groups -OCH3 is 2. The minimum atomic E-state index is -1.75. The highest BCUT2D eigenvalue weighted by atomic mass is 35.5. The third-order valence-electron chi connectivity index (χ3n) is 6.96. The predicted octanol–water partition coefficient (Wildman–Crippen LogP) is 3.71. The number of ether oxygens (including phenoxy) is 3. The lowest BCUT2D eigenvalue weighted by atomic mass is 9.74. The van der Waals surface area contributed by atoms with E-state index in [1.807, 2.05) is 24.3 Å². The minimum absolute atomic E-state index is 0.0822. The largest absolute Gasteiger partial charge is 0.496 e. The second-order valence-electron chi connectivity index (χ2n) is 8.99. The summed E-state index contributed by atoms with van der Waals surface area (Å²) in [6, 6.07) is 8.67. The molecule has 1 spiro atoms. The van der Waals surface area contributed by atoms with Crippen LogP contribution in [0.25, 0.3) is 0 Å². The van der Waals surface area contributed by atoms with Crippen LogP contribution in [0.4, 0.5) is 5.69 Å². The Balaban J connectivity index is 1.42. The molecule has 1 amide bonds. The van der Waals surface area contributed by atoms with Gasteiger partial charge in [0.2, 0.25) is 23.1 Å². The number of benzene rings is 2. The first kappa shape index (κ1) is 23.2. The molecule has 3 aliphatic rings. The van der Waals surface area contributed by atoms with Crippen molar-refractivity contribution >= 4 is 34.8 Å². The molecule has 2 aromatic carbocycles. The molecule has 2 heterocycles. The molecule has 9 heteroatoms. The van der Waals surface area contributed by atoms with E-state index in [0.717, 1.165) is 11.3 Å². The number of amides is 1. The summed E-state index contributed by atoms with van der Waals surface area (Å²) in [6.45, 7) is 1.77. The highest BCUT2D eigenvalue weighted by molar-refractivity contribution is 6.36. The number of ketones is 2. The Hall–Kier alpha value is -3.52. The zero-order valence-electron chi connectivity index (χ0n) is 19.6. The van der Waals surface area contributed by atoms with Gasteiger partial charge in [0.25, 0.3) is 0 Å². The molecule has 2 aliphatic heterocycles. The summed E-state index contributed by atoms with van der Waals surface area (Å²) in [5, 5.41) is 6.28. The molecule has 0 unspecified atom stereocenters. The molecule has 182 valence electrons. The van der Waals surface area contributed by atoms with Crippen LogP contribution in [0.1, 0.15) is 35.7 Å². The van der Waals surface area contributed by atoms with E-state index in [1.165, 1.54) is 26.4 Å². The van der Waals surface area contributed by atoms with Crippen LogP contribution in [0, 0.1) is 5.92 Å². The summed E-state index contributed by atoms with van der Waals surface area (Å²) in [5.41, 5.74) is 0.826. The predicted molar refractivity (Wildman–Crippen MR) is 129 cm³/mol. The van der Waals surface area contributed by atoms with Gasteiger partial charge in [-0.2, -0.15) is 0 Å². The fourth-order valence-corrected chi connectivity index (χ4v) is 5.37. The van der Waals surface area contributed by atoms with Crippen molar-refractivity contribution in [3.05, 3.63) is 58.3 Å². The Morgan fingerprint density at radius 2 is 1.89 bits per heavy atom. The van der Waals surface area contributed by atoms with E-state index in [0.29, 0.717) is 25.0 Å². The van der Waals surface area contributed by atoms with E-state index in [9.17, 15) is 14.4 Å². The lowest BCUT2D eigenvalue weighted by Crippen LogP contribution is -2.56. The first-order valence-corrected chi connectivity index (χ1v) is 11.8. The molecule has 0 saturated heterocycles. The first-order chi connectivity index (χ1) is 16.8. The third-order valence-corrected chi connectivity index (χ3v) is 7.32. The van der Waals surface area contributed by atoms with Crippen molar-refractivity contribution in [2.24, 2.45) is 5.92 Å². The maximum Gasteiger partial charge on any atom is 0.246 e. The number of aryl methyl sites for hydroxylation is 1. The van der Waals surface area contributed by atoms with E-state index in [-0.39, 0.29) is 33.7 Å².